The molecule has 0 saturated carbocycles. The molecule has 0 aliphatic carbocycles. The summed E-state index contributed by atoms with van der Waals surface area (Å²) in [6, 6.07) is 10.6. The summed E-state index contributed by atoms with van der Waals surface area (Å²) in [6.07, 6.45) is 0. The summed E-state index contributed by atoms with van der Waals surface area (Å²) in [6.45, 7) is 6.76. The monoisotopic (exact) mass is 462 g/mol. The van der Waals surface area contributed by atoms with Crippen molar-refractivity contribution in [2.24, 2.45) is 0 Å². The molecule has 1 aromatic heterocycles. The molecule has 0 unspecified atom stereocenters. The van der Waals surface area contributed by atoms with Crippen LogP contribution in [0.25, 0.3) is 5.76 Å². The number of aliphatic hydroxyl groups is 1. The molecule has 1 amide bonds. The van der Waals surface area contributed by atoms with Gasteiger partial charge in [-0.25, -0.2) is 4.98 Å². The fraction of sp³-hybridized carbons (Fsp3) is 0.200. The molecule has 4 rings (SSSR count). The minimum atomic E-state index is -0.976. The number of benzene rings is 2. The molecule has 168 valence electrons. The Morgan fingerprint density at radius 3 is 2.33 bits per heavy atom. The molecule has 1 fully saturated rings. The van der Waals surface area contributed by atoms with Crippen LogP contribution in [0.5, 0.6) is 5.75 Å². The van der Waals surface area contributed by atoms with Gasteiger partial charge in [-0.3, -0.25) is 19.3 Å². The normalized spacial score (nSPS) is 17.6. The SMILES string of the molecule is CC(=O)c1sc(N2C(=O)C(=O)C(=C(O)c3cc(C)ccc3C)[C@H]2c2ccc(O)cc2)nc1C. The highest BCUT2D eigenvalue weighted by Crippen LogP contribution is 2.44. The molecule has 2 heterocycles. The van der Waals surface area contributed by atoms with Gasteiger partial charge in [0.1, 0.15) is 11.5 Å². The highest BCUT2D eigenvalue weighted by molar-refractivity contribution is 7.18. The average molecular weight is 463 g/mol. The van der Waals surface area contributed by atoms with Crippen LogP contribution in [-0.4, -0.2) is 32.7 Å². The highest BCUT2D eigenvalue weighted by Gasteiger charge is 2.48. The largest absolute Gasteiger partial charge is 0.508 e. The summed E-state index contributed by atoms with van der Waals surface area (Å²) in [4.78, 5) is 44.4. The fourth-order valence-corrected chi connectivity index (χ4v) is 4.94. The maximum absolute atomic E-state index is 13.2. The van der Waals surface area contributed by atoms with Crippen LogP contribution in [-0.2, 0) is 9.59 Å². The molecular weight excluding hydrogens is 440 g/mol. The maximum Gasteiger partial charge on any atom is 0.301 e. The Kier molecular flexibility index (Phi) is 5.63. The van der Waals surface area contributed by atoms with Gasteiger partial charge in [-0.15, -0.1) is 0 Å². The lowest BCUT2D eigenvalue weighted by Crippen LogP contribution is -2.29. The first-order chi connectivity index (χ1) is 15.6. The molecule has 0 radical (unpaired) electrons. The molecule has 1 saturated heterocycles. The third kappa shape index (κ3) is 3.82. The second kappa shape index (κ2) is 8.29. The third-order valence-electron chi connectivity index (χ3n) is 5.61. The molecule has 3 aromatic rings. The predicted octanol–water partition coefficient (Wildman–Crippen LogP) is 4.60. The van der Waals surface area contributed by atoms with Gasteiger partial charge in [0.2, 0.25) is 0 Å². The van der Waals surface area contributed by atoms with E-state index < -0.39 is 17.7 Å². The van der Waals surface area contributed by atoms with Crippen LogP contribution in [0.15, 0.2) is 48.0 Å². The van der Waals surface area contributed by atoms with Crippen LogP contribution in [0, 0.1) is 20.8 Å². The summed E-state index contributed by atoms with van der Waals surface area (Å²) in [5, 5.41) is 21.2. The van der Waals surface area contributed by atoms with Crippen LogP contribution in [0.2, 0.25) is 0 Å². The summed E-state index contributed by atoms with van der Waals surface area (Å²) in [7, 11) is 0. The van der Waals surface area contributed by atoms with E-state index in [9.17, 15) is 24.6 Å². The van der Waals surface area contributed by atoms with Crippen molar-refractivity contribution in [2.75, 3.05) is 4.90 Å². The molecule has 1 aliphatic rings. The van der Waals surface area contributed by atoms with Crippen LogP contribution in [0.4, 0.5) is 5.13 Å². The number of aryl methyl sites for hydroxylation is 3. The van der Waals surface area contributed by atoms with Crippen LogP contribution >= 0.6 is 11.3 Å². The van der Waals surface area contributed by atoms with Crippen molar-refractivity contribution in [3.63, 3.8) is 0 Å². The average Bonchev–Trinajstić information content (AvgIpc) is 3.27. The molecule has 2 N–H and O–H groups in total. The number of rotatable bonds is 4. The number of hydrogen-bond acceptors (Lipinski definition) is 7. The smallest absolute Gasteiger partial charge is 0.301 e. The van der Waals surface area contributed by atoms with E-state index >= 15 is 0 Å². The number of thiazole rings is 1. The molecule has 8 heteroatoms. The number of aromatic hydroxyl groups is 1. The van der Waals surface area contributed by atoms with E-state index in [1.54, 1.807) is 25.1 Å². The molecule has 7 nitrogen and oxygen atoms in total. The van der Waals surface area contributed by atoms with Crippen molar-refractivity contribution in [3.05, 3.63) is 80.9 Å². The van der Waals surface area contributed by atoms with E-state index in [4.69, 9.17) is 0 Å². The molecule has 33 heavy (non-hydrogen) atoms. The van der Waals surface area contributed by atoms with Crippen LogP contribution in [0.3, 0.4) is 0 Å². The second-order valence-corrected chi connectivity index (χ2v) is 9.02. The van der Waals surface area contributed by atoms with E-state index in [1.807, 2.05) is 26.0 Å². The van der Waals surface area contributed by atoms with Crippen molar-refractivity contribution in [2.45, 2.75) is 33.7 Å². The number of carbonyl (C=O) groups is 3. The lowest BCUT2D eigenvalue weighted by atomic mass is 9.93. The Balaban J connectivity index is 1.98. The van der Waals surface area contributed by atoms with E-state index in [2.05, 4.69) is 4.98 Å². The number of phenolic OH excluding ortho intramolecular Hbond substituents is 1. The number of nitrogens with zero attached hydrogens (tertiary/aromatic N) is 2. The Labute approximate surface area is 194 Å². The molecule has 2 aromatic carbocycles. The number of phenols is 1. The number of hydrogen-bond donors (Lipinski definition) is 2. The summed E-state index contributed by atoms with van der Waals surface area (Å²) >= 11 is 1.03. The standard InChI is InChI=1S/C25H22N2O5S/c1-12-5-6-13(2)18(11-12)21(30)19-20(16-7-9-17(29)10-8-16)27(24(32)22(19)31)25-26-14(3)23(33-25)15(4)28/h5-11,20,29-30H,1-4H3/t20-/m1/s1. The number of amides is 1. The number of carbonyl (C=O) groups excluding carboxylic acids is 3. The van der Waals surface area contributed by atoms with Gasteiger partial charge in [-0.05, 0) is 50.1 Å². The van der Waals surface area contributed by atoms with Crippen molar-refractivity contribution in [3.8, 4) is 5.75 Å². The van der Waals surface area contributed by atoms with Gasteiger partial charge in [0.15, 0.2) is 10.9 Å². The minimum absolute atomic E-state index is 0.0224. The highest BCUT2D eigenvalue weighted by atomic mass is 32.1. The van der Waals surface area contributed by atoms with E-state index in [0.29, 0.717) is 21.7 Å². The van der Waals surface area contributed by atoms with Gasteiger partial charge in [-0.2, -0.15) is 0 Å². The molecule has 1 aliphatic heterocycles. The Hall–Kier alpha value is -3.78. The Morgan fingerprint density at radius 1 is 1.06 bits per heavy atom. The molecule has 0 bridgehead atoms. The lowest BCUT2D eigenvalue weighted by molar-refractivity contribution is -0.132. The summed E-state index contributed by atoms with van der Waals surface area (Å²) < 4.78 is 0. The Morgan fingerprint density at radius 2 is 1.73 bits per heavy atom. The Bertz CT molecular complexity index is 1340. The molecular formula is C25H22N2O5S. The zero-order valence-corrected chi connectivity index (χ0v) is 19.4. The first kappa shape index (κ1) is 22.4. The lowest BCUT2D eigenvalue weighted by Gasteiger charge is -2.23. The van der Waals surface area contributed by atoms with Crippen molar-refractivity contribution >= 4 is 39.7 Å². The number of aromatic nitrogens is 1. The number of Topliss-reactive ketones (excluding diaryl/α,β-unsaturated/α-hetero) is 2. The van der Waals surface area contributed by atoms with Gasteiger partial charge < -0.3 is 10.2 Å². The van der Waals surface area contributed by atoms with Crippen LogP contribution in [0.1, 0.15) is 50.6 Å². The summed E-state index contributed by atoms with van der Waals surface area (Å²) in [5.74, 6) is -2.14. The second-order valence-electron chi connectivity index (χ2n) is 8.05. The zero-order valence-electron chi connectivity index (χ0n) is 18.5. The van der Waals surface area contributed by atoms with Gasteiger partial charge in [-0.1, -0.05) is 41.2 Å². The van der Waals surface area contributed by atoms with Gasteiger partial charge in [0.05, 0.1) is 22.2 Å². The minimum Gasteiger partial charge on any atom is -0.508 e. The molecule has 0 spiro atoms. The quantitative estimate of drug-likeness (QED) is 0.254. The van der Waals surface area contributed by atoms with Crippen molar-refractivity contribution in [1.29, 1.82) is 0 Å². The van der Waals surface area contributed by atoms with Gasteiger partial charge >= 0.3 is 5.91 Å². The predicted molar refractivity (Wildman–Crippen MR) is 126 cm³/mol. The number of aliphatic hydroxyl groups excluding tert-OH is 1. The number of anilines is 1. The van der Waals surface area contributed by atoms with E-state index in [-0.39, 0.29) is 28.0 Å². The molecule has 1 atom stereocenters. The van der Waals surface area contributed by atoms with Crippen molar-refractivity contribution < 1.29 is 24.6 Å². The van der Waals surface area contributed by atoms with Gasteiger partial charge in [0, 0.05) is 12.5 Å². The zero-order chi connectivity index (χ0) is 24.0. The van der Waals surface area contributed by atoms with E-state index in [1.165, 1.54) is 24.0 Å². The van der Waals surface area contributed by atoms with Crippen LogP contribution < -0.4 is 4.90 Å². The number of ketones is 2. The topological polar surface area (TPSA) is 108 Å². The fourth-order valence-electron chi connectivity index (χ4n) is 3.95. The first-order valence-electron chi connectivity index (χ1n) is 10.3. The van der Waals surface area contributed by atoms with Crippen molar-refractivity contribution in [1.82, 2.24) is 4.98 Å². The summed E-state index contributed by atoms with van der Waals surface area (Å²) in [5.41, 5.74) is 2.99. The third-order valence-corrected chi connectivity index (χ3v) is 6.87. The van der Waals surface area contributed by atoms with E-state index in [0.717, 1.165) is 22.5 Å². The van der Waals surface area contributed by atoms with Gasteiger partial charge in [0.25, 0.3) is 5.78 Å². The maximum atomic E-state index is 13.2. The first-order valence-corrected chi connectivity index (χ1v) is 11.1.